The largest absolute Gasteiger partial charge is 0.505 e. The number of phenols is 1. The maximum Gasteiger partial charge on any atom is 0.315 e. The number of hydrogen-bond donors (Lipinski definition) is 5. The van der Waals surface area contributed by atoms with E-state index in [2.05, 4.69) is 21.3 Å². The fourth-order valence-electron chi connectivity index (χ4n) is 4.73. The van der Waals surface area contributed by atoms with Crippen molar-refractivity contribution >= 4 is 29.0 Å². The molecule has 0 bridgehead atoms. The van der Waals surface area contributed by atoms with Crippen LogP contribution < -0.4 is 32.1 Å². The molecule has 3 aromatic rings. The van der Waals surface area contributed by atoms with Crippen LogP contribution in [0, 0.1) is 0 Å². The van der Waals surface area contributed by atoms with E-state index in [4.69, 9.17) is 0 Å². The quantitative estimate of drug-likeness (QED) is 0.216. The number of likely N-dealkylation sites (tertiary alicyclic amines) is 1. The van der Waals surface area contributed by atoms with Crippen LogP contribution >= 0.6 is 0 Å². The van der Waals surface area contributed by atoms with Crippen LogP contribution in [0.25, 0.3) is 0 Å². The summed E-state index contributed by atoms with van der Waals surface area (Å²) in [6.45, 7) is 5.11. The second-order valence-electron chi connectivity index (χ2n) is 9.34. The summed E-state index contributed by atoms with van der Waals surface area (Å²) in [6.07, 6.45) is 2.14. The molecule has 1 saturated heterocycles. The Morgan fingerprint density at radius 1 is 1.03 bits per heavy atom. The highest BCUT2D eigenvalue weighted by Crippen LogP contribution is 2.33. The molecular weight excluding hydrogens is 486 g/mol. The van der Waals surface area contributed by atoms with Gasteiger partial charge in [-0.05, 0) is 43.9 Å². The molecule has 2 unspecified atom stereocenters. The molecule has 0 saturated carbocycles. The second-order valence-corrected chi connectivity index (χ2v) is 9.34. The Hall–Kier alpha value is -4.34. The summed E-state index contributed by atoms with van der Waals surface area (Å²) in [5, 5.41) is 22.5. The molecule has 0 radical (unpaired) electrons. The van der Waals surface area contributed by atoms with Gasteiger partial charge in [0.15, 0.2) is 5.75 Å². The van der Waals surface area contributed by atoms with Crippen LogP contribution in [-0.4, -0.2) is 47.6 Å². The number of anilines is 3. The number of aromatic hydroxyl groups is 1. The zero-order chi connectivity index (χ0) is 27.2. The van der Waals surface area contributed by atoms with Gasteiger partial charge in [-0.15, -0.1) is 0 Å². The number of urea groups is 1. The van der Waals surface area contributed by atoms with Crippen molar-refractivity contribution in [3.63, 3.8) is 0 Å². The molecule has 5 N–H and O–H groups in total. The summed E-state index contributed by atoms with van der Waals surface area (Å²) in [7, 11) is 0. The SMILES string of the molecule is CCNC(=O)NC1CCCN(C(=O)c2cccc(Nc3c(NC(CC)c4ccccc4)c(=O)c3=O)c2O)C1. The molecule has 3 aromatic carbocycles. The lowest BCUT2D eigenvalue weighted by atomic mass is 10.0. The minimum Gasteiger partial charge on any atom is -0.505 e. The molecule has 1 heterocycles. The third-order valence-corrected chi connectivity index (χ3v) is 6.75. The molecular formula is C28H33N5O5. The minimum absolute atomic E-state index is 0.0495. The van der Waals surface area contributed by atoms with Crippen LogP contribution in [0.2, 0.25) is 0 Å². The molecule has 4 rings (SSSR count). The maximum absolute atomic E-state index is 13.3. The lowest BCUT2D eigenvalue weighted by molar-refractivity contribution is 0.0694. The number of piperidine rings is 1. The van der Waals surface area contributed by atoms with Gasteiger partial charge in [0.25, 0.3) is 16.8 Å². The first-order chi connectivity index (χ1) is 18.3. The Labute approximate surface area is 220 Å². The van der Waals surface area contributed by atoms with E-state index < -0.39 is 10.9 Å². The van der Waals surface area contributed by atoms with E-state index in [0.717, 1.165) is 12.0 Å². The summed E-state index contributed by atoms with van der Waals surface area (Å²) in [6, 6.07) is 13.6. The number of carbonyl (C=O) groups is 2. The first kappa shape index (κ1) is 26.7. The summed E-state index contributed by atoms with van der Waals surface area (Å²) >= 11 is 0. The molecule has 0 aliphatic carbocycles. The highest BCUT2D eigenvalue weighted by molar-refractivity contribution is 5.99. The first-order valence-electron chi connectivity index (χ1n) is 12.9. The number of benzene rings is 2. The molecule has 0 aromatic heterocycles. The topological polar surface area (TPSA) is 140 Å². The van der Waals surface area contributed by atoms with Crippen LogP contribution in [0.1, 0.15) is 55.1 Å². The van der Waals surface area contributed by atoms with Crippen LogP contribution in [0.5, 0.6) is 5.75 Å². The van der Waals surface area contributed by atoms with Gasteiger partial charge in [0, 0.05) is 25.7 Å². The van der Waals surface area contributed by atoms with Gasteiger partial charge in [-0.1, -0.05) is 43.3 Å². The predicted molar refractivity (Wildman–Crippen MR) is 147 cm³/mol. The van der Waals surface area contributed by atoms with Crippen molar-refractivity contribution in [3.05, 3.63) is 80.1 Å². The number of phenolic OH excluding ortho intramolecular Hbond substituents is 1. The normalized spacial score (nSPS) is 16.1. The maximum atomic E-state index is 13.3. The van der Waals surface area contributed by atoms with Crippen LogP contribution in [-0.2, 0) is 0 Å². The second kappa shape index (κ2) is 11.8. The summed E-state index contributed by atoms with van der Waals surface area (Å²) in [5.41, 5.74) is 0.0660. The Balaban J connectivity index is 1.51. The lowest BCUT2D eigenvalue weighted by Gasteiger charge is -2.33. The number of nitrogens with zero attached hydrogens (tertiary/aromatic N) is 1. The molecule has 1 aliphatic heterocycles. The van der Waals surface area contributed by atoms with Gasteiger partial charge in [-0.3, -0.25) is 14.4 Å². The Morgan fingerprint density at radius 3 is 2.47 bits per heavy atom. The van der Waals surface area contributed by atoms with Gasteiger partial charge < -0.3 is 31.3 Å². The molecule has 1 aliphatic rings. The van der Waals surface area contributed by atoms with E-state index in [1.807, 2.05) is 44.2 Å². The summed E-state index contributed by atoms with van der Waals surface area (Å²) < 4.78 is 0. The number of carbonyl (C=O) groups excluding carboxylic acids is 2. The molecule has 1 fully saturated rings. The average molecular weight is 520 g/mol. The van der Waals surface area contributed by atoms with Crippen molar-refractivity contribution in [1.82, 2.24) is 15.5 Å². The number of amides is 3. The molecule has 3 amide bonds. The fraction of sp³-hybridized carbons (Fsp3) is 0.357. The number of rotatable bonds is 9. The van der Waals surface area contributed by atoms with Gasteiger partial charge in [0.05, 0.1) is 17.3 Å². The third-order valence-electron chi connectivity index (χ3n) is 6.75. The summed E-state index contributed by atoms with van der Waals surface area (Å²) in [4.78, 5) is 51.6. The standard InChI is InChI=1S/C28H33N5O5/c1-3-20(17-10-6-5-7-11-17)31-22-23(26(36)25(22)35)32-21-14-8-13-19(24(21)34)27(37)33-15-9-12-18(16-33)30-28(38)29-4-2/h5-8,10-11,13-14,18,20,31-32,34H,3-4,9,12,15-16H2,1-2H3,(H2,29,30,38). The number of para-hydroxylation sites is 1. The number of nitrogens with one attached hydrogen (secondary N) is 4. The predicted octanol–water partition coefficient (Wildman–Crippen LogP) is 3.22. The van der Waals surface area contributed by atoms with Crippen LogP contribution in [0.4, 0.5) is 21.9 Å². The van der Waals surface area contributed by atoms with Crippen molar-refractivity contribution in [2.24, 2.45) is 0 Å². The summed E-state index contributed by atoms with van der Waals surface area (Å²) in [5.74, 6) is -0.697. The molecule has 200 valence electrons. The smallest absolute Gasteiger partial charge is 0.315 e. The molecule has 38 heavy (non-hydrogen) atoms. The molecule has 0 spiro atoms. The van der Waals surface area contributed by atoms with Crippen LogP contribution in [0.3, 0.4) is 0 Å². The molecule has 10 nitrogen and oxygen atoms in total. The monoisotopic (exact) mass is 519 g/mol. The van der Waals surface area contributed by atoms with Crippen LogP contribution in [0.15, 0.2) is 58.1 Å². The van der Waals surface area contributed by atoms with E-state index in [1.165, 1.54) is 12.1 Å². The first-order valence-corrected chi connectivity index (χ1v) is 12.9. The third kappa shape index (κ3) is 5.64. The lowest BCUT2D eigenvalue weighted by Crippen LogP contribution is -2.51. The number of hydrogen-bond acceptors (Lipinski definition) is 7. The van der Waals surface area contributed by atoms with Gasteiger partial charge in [0.1, 0.15) is 11.4 Å². The zero-order valence-corrected chi connectivity index (χ0v) is 21.5. The van der Waals surface area contributed by atoms with Crippen molar-refractivity contribution in [1.29, 1.82) is 0 Å². The van der Waals surface area contributed by atoms with Gasteiger partial charge in [0.2, 0.25) is 0 Å². The van der Waals surface area contributed by atoms with E-state index >= 15 is 0 Å². The zero-order valence-electron chi connectivity index (χ0n) is 21.5. The van der Waals surface area contributed by atoms with Crippen molar-refractivity contribution in [2.75, 3.05) is 30.3 Å². The van der Waals surface area contributed by atoms with Crippen molar-refractivity contribution < 1.29 is 14.7 Å². The van der Waals surface area contributed by atoms with E-state index in [9.17, 15) is 24.3 Å². The van der Waals surface area contributed by atoms with E-state index in [1.54, 1.807) is 11.0 Å². The Morgan fingerprint density at radius 2 is 1.76 bits per heavy atom. The minimum atomic E-state index is -0.693. The Kier molecular flexibility index (Phi) is 8.30. The molecule has 10 heteroatoms. The highest BCUT2D eigenvalue weighted by atomic mass is 16.3. The van der Waals surface area contributed by atoms with Gasteiger partial charge in [-0.25, -0.2) is 4.79 Å². The Bertz CT molecular complexity index is 1370. The van der Waals surface area contributed by atoms with Crippen molar-refractivity contribution in [2.45, 2.75) is 45.2 Å². The average Bonchev–Trinajstić information content (AvgIpc) is 2.93. The van der Waals surface area contributed by atoms with Gasteiger partial charge >= 0.3 is 6.03 Å². The van der Waals surface area contributed by atoms with Crippen molar-refractivity contribution in [3.8, 4) is 5.75 Å². The fourth-order valence-corrected chi connectivity index (χ4v) is 4.73. The van der Waals surface area contributed by atoms with Gasteiger partial charge in [-0.2, -0.15) is 0 Å². The highest BCUT2D eigenvalue weighted by Gasteiger charge is 2.29. The van der Waals surface area contributed by atoms with E-state index in [-0.39, 0.29) is 52.4 Å². The molecule has 2 atom stereocenters. The van der Waals surface area contributed by atoms with E-state index in [0.29, 0.717) is 32.5 Å².